The largest absolute Gasteiger partial charge is 0.326 e. The second-order valence-electron chi connectivity index (χ2n) is 5.66. The molecule has 0 amide bonds. The predicted molar refractivity (Wildman–Crippen MR) is 85.0 cm³/mol. The summed E-state index contributed by atoms with van der Waals surface area (Å²) in [6, 6.07) is 8.55. The van der Waals surface area contributed by atoms with E-state index in [2.05, 4.69) is 24.4 Å². The van der Waals surface area contributed by atoms with E-state index in [0.717, 1.165) is 17.8 Å². The molecule has 1 aliphatic rings. The monoisotopic (exact) mass is 295 g/mol. The molecule has 3 atom stereocenters. The van der Waals surface area contributed by atoms with Crippen molar-refractivity contribution in [1.29, 1.82) is 0 Å². The summed E-state index contributed by atoms with van der Waals surface area (Å²) in [5.74, 6) is 0.821. The standard InChI is InChI=1S/C16H26NO2P/c1-4-13-10-11-17-16(12-13)14-6-8-15(9-7-14)20(3,18)19-5-2/h6-9,13,16-17H,4-5,10-12H2,1-3H3/t13-,16+,20?/m1/s1. The van der Waals surface area contributed by atoms with Crippen molar-refractivity contribution >= 4 is 12.7 Å². The lowest BCUT2D eigenvalue weighted by Crippen LogP contribution is -2.31. The number of hydrogen-bond acceptors (Lipinski definition) is 3. The maximum atomic E-state index is 12.4. The topological polar surface area (TPSA) is 38.3 Å². The van der Waals surface area contributed by atoms with E-state index in [4.69, 9.17) is 4.52 Å². The number of piperidine rings is 1. The Bertz CT molecular complexity index is 472. The fourth-order valence-corrected chi connectivity index (χ4v) is 4.25. The molecule has 0 bridgehead atoms. The second-order valence-corrected chi connectivity index (χ2v) is 8.13. The van der Waals surface area contributed by atoms with Gasteiger partial charge < -0.3 is 9.84 Å². The summed E-state index contributed by atoms with van der Waals surface area (Å²) in [6.45, 7) is 7.42. The summed E-state index contributed by atoms with van der Waals surface area (Å²) in [5, 5.41) is 4.39. The van der Waals surface area contributed by atoms with Gasteiger partial charge in [-0.05, 0) is 49.9 Å². The third-order valence-corrected chi connectivity index (χ3v) is 6.22. The molecule has 0 saturated carbocycles. The first-order chi connectivity index (χ1) is 9.56. The van der Waals surface area contributed by atoms with Crippen LogP contribution in [0, 0.1) is 5.92 Å². The van der Waals surface area contributed by atoms with Gasteiger partial charge in [-0.15, -0.1) is 0 Å². The highest BCUT2D eigenvalue weighted by Crippen LogP contribution is 2.41. The lowest BCUT2D eigenvalue weighted by atomic mass is 9.87. The van der Waals surface area contributed by atoms with Gasteiger partial charge in [0, 0.05) is 18.0 Å². The normalized spacial score (nSPS) is 26.1. The molecule has 20 heavy (non-hydrogen) atoms. The molecule has 1 aliphatic heterocycles. The number of benzene rings is 1. The Kier molecular flexibility index (Phi) is 5.42. The molecule has 4 heteroatoms. The molecule has 1 fully saturated rings. The molecule has 0 aliphatic carbocycles. The van der Waals surface area contributed by atoms with Crippen molar-refractivity contribution in [2.45, 2.75) is 39.2 Å². The molecule has 1 N–H and O–H groups in total. The van der Waals surface area contributed by atoms with Crippen LogP contribution in [0.1, 0.15) is 44.7 Å². The van der Waals surface area contributed by atoms with E-state index in [0.29, 0.717) is 12.6 Å². The fraction of sp³-hybridized carbons (Fsp3) is 0.625. The van der Waals surface area contributed by atoms with Crippen LogP contribution in [-0.4, -0.2) is 19.8 Å². The highest BCUT2D eigenvalue weighted by Gasteiger charge is 2.23. The fourth-order valence-electron chi connectivity index (χ4n) is 2.92. The zero-order chi connectivity index (χ0) is 14.6. The van der Waals surface area contributed by atoms with Crippen molar-refractivity contribution in [1.82, 2.24) is 5.32 Å². The van der Waals surface area contributed by atoms with Crippen molar-refractivity contribution < 1.29 is 9.09 Å². The minimum atomic E-state index is -2.64. The molecular formula is C16H26NO2P. The van der Waals surface area contributed by atoms with E-state index in [-0.39, 0.29) is 0 Å². The Labute approximate surface area is 122 Å². The van der Waals surface area contributed by atoms with Crippen LogP contribution in [0.5, 0.6) is 0 Å². The Morgan fingerprint density at radius 1 is 1.30 bits per heavy atom. The maximum Gasteiger partial charge on any atom is 0.229 e. The molecule has 1 aromatic rings. The van der Waals surface area contributed by atoms with Crippen LogP contribution in [0.25, 0.3) is 0 Å². The molecule has 2 rings (SSSR count). The summed E-state index contributed by atoms with van der Waals surface area (Å²) in [6.07, 6.45) is 3.73. The van der Waals surface area contributed by atoms with E-state index >= 15 is 0 Å². The Morgan fingerprint density at radius 3 is 2.60 bits per heavy atom. The Morgan fingerprint density at radius 2 is 2.00 bits per heavy atom. The summed E-state index contributed by atoms with van der Waals surface area (Å²) in [4.78, 5) is 0. The molecule has 0 aromatic heterocycles. The van der Waals surface area contributed by atoms with Crippen molar-refractivity contribution in [2.75, 3.05) is 19.8 Å². The van der Waals surface area contributed by atoms with Gasteiger partial charge in [0.2, 0.25) is 7.37 Å². The smallest absolute Gasteiger partial charge is 0.229 e. The molecule has 0 spiro atoms. The van der Waals surface area contributed by atoms with E-state index < -0.39 is 7.37 Å². The summed E-state index contributed by atoms with van der Waals surface area (Å²) < 4.78 is 17.7. The van der Waals surface area contributed by atoms with Crippen LogP contribution >= 0.6 is 7.37 Å². The number of rotatable bonds is 5. The average molecular weight is 295 g/mol. The van der Waals surface area contributed by atoms with Gasteiger partial charge in [0.25, 0.3) is 0 Å². The molecule has 0 radical (unpaired) electrons. The maximum absolute atomic E-state index is 12.4. The lowest BCUT2D eigenvalue weighted by molar-refractivity contribution is 0.299. The van der Waals surface area contributed by atoms with Gasteiger partial charge in [-0.1, -0.05) is 25.5 Å². The lowest BCUT2D eigenvalue weighted by Gasteiger charge is -2.30. The molecule has 1 saturated heterocycles. The predicted octanol–water partition coefficient (Wildman–Crippen LogP) is 3.71. The molecule has 112 valence electrons. The van der Waals surface area contributed by atoms with Crippen LogP contribution in [0.4, 0.5) is 0 Å². The van der Waals surface area contributed by atoms with Crippen LogP contribution < -0.4 is 10.6 Å². The minimum absolute atomic E-state index is 0.436. The molecule has 1 heterocycles. The van der Waals surface area contributed by atoms with Crippen LogP contribution in [-0.2, 0) is 9.09 Å². The number of nitrogens with one attached hydrogen (secondary N) is 1. The Balaban J connectivity index is 2.10. The zero-order valence-electron chi connectivity index (χ0n) is 12.8. The van der Waals surface area contributed by atoms with Crippen molar-refractivity contribution in [3.8, 4) is 0 Å². The van der Waals surface area contributed by atoms with Crippen LogP contribution in [0.3, 0.4) is 0 Å². The molecule has 1 unspecified atom stereocenters. The Hall–Kier alpha value is -0.630. The van der Waals surface area contributed by atoms with Crippen LogP contribution in [0.15, 0.2) is 24.3 Å². The quantitative estimate of drug-likeness (QED) is 0.842. The summed E-state index contributed by atoms with van der Waals surface area (Å²) >= 11 is 0. The first-order valence-electron chi connectivity index (χ1n) is 7.62. The average Bonchev–Trinajstić information content (AvgIpc) is 2.47. The van der Waals surface area contributed by atoms with Crippen molar-refractivity contribution in [3.63, 3.8) is 0 Å². The van der Waals surface area contributed by atoms with Gasteiger partial charge in [-0.2, -0.15) is 0 Å². The third kappa shape index (κ3) is 3.72. The summed E-state index contributed by atoms with van der Waals surface area (Å²) in [7, 11) is -2.64. The van der Waals surface area contributed by atoms with Gasteiger partial charge >= 0.3 is 0 Å². The van der Waals surface area contributed by atoms with E-state index in [1.807, 2.05) is 19.1 Å². The van der Waals surface area contributed by atoms with Crippen molar-refractivity contribution in [2.24, 2.45) is 5.92 Å². The van der Waals surface area contributed by atoms with E-state index in [1.165, 1.54) is 24.8 Å². The van der Waals surface area contributed by atoms with Gasteiger partial charge in [0.1, 0.15) is 0 Å². The highest BCUT2D eigenvalue weighted by molar-refractivity contribution is 7.66. The molecular weight excluding hydrogens is 269 g/mol. The minimum Gasteiger partial charge on any atom is -0.326 e. The molecule has 3 nitrogen and oxygen atoms in total. The molecule has 1 aromatic carbocycles. The van der Waals surface area contributed by atoms with Gasteiger partial charge in [0.15, 0.2) is 0 Å². The SMILES string of the molecule is CCOP(C)(=O)c1ccc([C@@H]2C[C@H](CC)CCN2)cc1. The van der Waals surface area contributed by atoms with Gasteiger partial charge in [-0.25, -0.2) is 0 Å². The summed E-state index contributed by atoms with van der Waals surface area (Å²) in [5.41, 5.74) is 1.29. The van der Waals surface area contributed by atoms with E-state index in [1.54, 1.807) is 6.66 Å². The first kappa shape index (κ1) is 15.8. The first-order valence-corrected chi connectivity index (χ1v) is 9.70. The highest BCUT2D eigenvalue weighted by atomic mass is 31.2. The van der Waals surface area contributed by atoms with E-state index in [9.17, 15) is 4.57 Å². The van der Waals surface area contributed by atoms with Crippen LogP contribution in [0.2, 0.25) is 0 Å². The number of hydrogen-bond donors (Lipinski definition) is 1. The van der Waals surface area contributed by atoms with Crippen molar-refractivity contribution in [3.05, 3.63) is 29.8 Å². The zero-order valence-corrected chi connectivity index (χ0v) is 13.7. The van der Waals surface area contributed by atoms with Gasteiger partial charge in [0.05, 0.1) is 6.61 Å². The third-order valence-electron chi connectivity index (χ3n) is 4.23. The van der Waals surface area contributed by atoms with Gasteiger partial charge in [-0.3, -0.25) is 4.57 Å². The second kappa shape index (κ2) is 6.89.